The third-order valence-electron chi connectivity index (χ3n) is 5.14. The summed E-state index contributed by atoms with van der Waals surface area (Å²) < 4.78 is 34.4. The first-order valence-electron chi connectivity index (χ1n) is 10.3. The molecule has 0 fully saturated rings. The van der Waals surface area contributed by atoms with Gasteiger partial charge in [-0.05, 0) is 47.8 Å². The van der Waals surface area contributed by atoms with Gasteiger partial charge in [-0.2, -0.15) is 0 Å². The quantitative estimate of drug-likeness (QED) is 0.289. The molecule has 3 aromatic heterocycles. The second-order valence-electron chi connectivity index (χ2n) is 7.59. The molecule has 0 amide bonds. The number of sulfonamides is 1. The molecule has 2 aromatic carbocycles. The van der Waals surface area contributed by atoms with E-state index in [1.807, 2.05) is 52.5 Å². The summed E-state index contributed by atoms with van der Waals surface area (Å²) in [5.74, 6) is 1.88. The van der Waals surface area contributed by atoms with Crippen molar-refractivity contribution in [3.63, 3.8) is 0 Å². The van der Waals surface area contributed by atoms with Gasteiger partial charge in [-0.1, -0.05) is 17.7 Å². The van der Waals surface area contributed by atoms with Gasteiger partial charge in [0.2, 0.25) is 10.0 Å². The van der Waals surface area contributed by atoms with E-state index in [1.54, 1.807) is 17.4 Å². The van der Waals surface area contributed by atoms with Crippen LogP contribution in [0.4, 0.5) is 11.5 Å². The van der Waals surface area contributed by atoms with E-state index in [9.17, 15) is 8.42 Å². The number of thiophene rings is 1. The highest BCUT2D eigenvalue weighted by Gasteiger charge is 2.12. The van der Waals surface area contributed by atoms with Crippen LogP contribution in [0.1, 0.15) is 0 Å². The Morgan fingerprint density at radius 1 is 1.12 bits per heavy atom. The summed E-state index contributed by atoms with van der Waals surface area (Å²) in [7, 11) is -3.27. The molecule has 0 atom stereocenters. The van der Waals surface area contributed by atoms with Crippen molar-refractivity contribution in [3.05, 3.63) is 71.5 Å². The van der Waals surface area contributed by atoms with E-state index in [2.05, 4.69) is 26.1 Å². The zero-order valence-electron chi connectivity index (χ0n) is 18.0. The van der Waals surface area contributed by atoms with Crippen LogP contribution >= 0.6 is 22.9 Å². The summed E-state index contributed by atoms with van der Waals surface area (Å²) in [5.41, 5.74) is 2.23. The van der Waals surface area contributed by atoms with Crippen LogP contribution in [-0.4, -0.2) is 35.8 Å². The number of aromatic nitrogens is 3. The average Bonchev–Trinajstić information content (AvgIpc) is 3.43. The predicted octanol–water partition coefficient (Wildman–Crippen LogP) is 5.38. The van der Waals surface area contributed by atoms with Crippen molar-refractivity contribution in [1.82, 2.24) is 19.3 Å². The minimum atomic E-state index is -3.27. The largest absolute Gasteiger partial charge is 0.455 e. The van der Waals surface area contributed by atoms with Gasteiger partial charge in [-0.3, -0.25) is 0 Å². The van der Waals surface area contributed by atoms with Crippen molar-refractivity contribution in [2.45, 2.75) is 6.54 Å². The number of hydrogen-bond donors (Lipinski definition) is 2. The van der Waals surface area contributed by atoms with Crippen molar-refractivity contribution in [2.75, 3.05) is 18.1 Å². The molecule has 174 valence electrons. The van der Waals surface area contributed by atoms with Crippen LogP contribution in [0, 0.1) is 0 Å². The summed E-state index contributed by atoms with van der Waals surface area (Å²) in [4.78, 5) is 8.69. The number of nitrogens with one attached hydrogen (secondary N) is 2. The van der Waals surface area contributed by atoms with E-state index >= 15 is 0 Å². The molecule has 0 bridgehead atoms. The van der Waals surface area contributed by atoms with Crippen LogP contribution in [0.5, 0.6) is 11.5 Å². The van der Waals surface area contributed by atoms with Crippen LogP contribution in [0.2, 0.25) is 5.02 Å². The molecule has 0 aliphatic heterocycles. The second-order valence-corrected chi connectivity index (χ2v) is 10.8. The summed E-state index contributed by atoms with van der Waals surface area (Å²) >= 11 is 8.20. The summed E-state index contributed by atoms with van der Waals surface area (Å²) in [6, 6.07) is 15.3. The fourth-order valence-corrected chi connectivity index (χ4v) is 5.12. The molecule has 0 saturated heterocycles. The number of fused-ring (bicyclic) bond motifs is 2. The molecule has 34 heavy (non-hydrogen) atoms. The Hall–Kier alpha value is -3.18. The van der Waals surface area contributed by atoms with Crippen molar-refractivity contribution < 1.29 is 13.2 Å². The number of hydrogen-bond acceptors (Lipinski definition) is 7. The molecule has 0 unspecified atom stereocenters. The van der Waals surface area contributed by atoms with Gasteiger partial charge in [0.15, 0.2) is 5.82 Å². The maximum atomic E-state index is 11.4. The maximum Gasteiger partial charge on any atom is 0.208 e. The molecule has 5 rings (SSSR count). The monoisotopic (exact) mass is 513 g/mol. The first-order chi connectivity index (χ1) is 16.4. The first kappa shape index (κ1) is 22.6. The van der Waals surface area contributed by atoms with Crippen LogP contribution in [0.25, 0.3) is 21.1 Å². The van der Waals surface area contributed by atoms with Crippen LogP contribution in [-0.2, 0) is 16.6 Å². The summed E-state index contributed by atoms with van der Waals surface area (Å²) in [6.45, 7) is 0.686. The molecule has 0 aliphatic carbocycles. The Bertz CT molecular complexity index is 1600. The van der Waals surface area contributed by atoms with E-state index in [-0.39, 0.29) is 6.54 Å². The average molecular weight is 514 g/mol. The minimum absolute atomic E-state index is 0.256. The lowest BCUT2D eigenvalue weighted by Crippen LogP contribution is -2.25. The van der Waals surface area contributed by atoms with E-state index in [4.69, 9.17) is 16.3 Å². The normalized spacial score (nSPS) is 11.8. The van der Waals surface area contributed by atoms with Gasteiger partial charge >= 0.3 is 0 Å². The molecular weight excluding hydrogens is 494 g/mol. The van der Waals surface area contributed by atoms with E-state index < -0.39 is 10.0 Å². The molecule has 5 aromatic rings. The van der Waals surface area contributed by atoms with E-state index in [0.29, 0.717) is 23.1 Å². The fraction of sp³-hybridized carbons (Fsp3) is 0.130. The third kappa shape index (κ3) is 4.85. The van der Waals surface area contributed by atoms with E-state index in [1.165, 1.54) is 6.33 Å². The number of benzene rings is 2. The Kier molecular flexibility index (Phi) is 6.13. The second kappa shape index (κ2) is 9.22. The van der Waals surface area contributed by atoms with Crippen molar-refractivity contribution >= 4 is 65.6 Å². The van der Waals surface area contributed by atoms with E-state index in [0.717, 1.165) is 38.8 Å². The lowest BCUT2D eigenvalue weighted by atomic mass is 10.2. The SMILES string of the molecule is CS(=O)(=O)NCCn1ccc2ncnc(Nc3ccc(Oc4cccc5sccc45)c(Cl)c3)c21. The highest BCUT2D eigenvalue weighted by Crippen LogP contribution is 2.37. The molecule has 0 radical (unpaired) electrons. The Labute approximate surface area is 205 Å². The summed E-state index contributed by atoms with van der Waals surface area (Å²) in [5, 5.41) is 6.81. The van der Waals surface area contributed by atoms with Crippen LogP contribution in [0.3, 0.4) is 0 Å². The van der Waals surface area contributed by atoms with Gasteiger partial charge < -0.3 is 14.6 Å². The topological polar surface area (TPSA) is 98.1 Å². The van der Waals surface area contributed by atoms with Crippen molar-refractivity contribution in [1.29, 1.82) is 0 Å². The summed E-state index contributed by atoms with van der Waals surface area (Å²) in [6.07, 6.45) is 4.46. The molecule has 11 heteroatoms. The molecule has 3 heterocycles. The molecule has 0 aliphatic rings. The van der Waals surface area contributed by atoms with Crippen molar-refractivity contribution in [2.24, 2.45) is 0 Å². The fourth-order valence-electron chi connectivity index (χ4n) is 3.63. The maximum absolute atomic E-state index is 11.4. The highest BCUT2D eigenvalue weighted by atomic mass is 35.5. The number of nitrogens with zero attached hydrogens (tertiary/aromatic N) is 3. The Balaban J connectivity index is 1.38. The van der Waals surface area contributed by atoms with Gasteiger partial charge in [0, 0.05) is 35.1 Å². The molecule has 0 saturated carbocycles. The van der Waals surface area contributed by atoms with Gasteiger partial charge in [0.05, 0.1) is 16.8 Å². The lowest BCUT2D eigenvalue weighted by Gasteiger charge is -2.13. The zero-order valence-corrected chi connectivity index (χ0v) is 20.4. The number of anilines is 2. The first-order valence-corrected chi connectivity index (χ1v) is 13.5. The standard InChI is InChI=1S/C23H20ClN5O3S2/c1-34(30,31)27-9-11-29-10-7-18-22(29)23(26-14-25-18)28-15-5-6-20(17(24)13-15)32-19-3-2-4-21-16(19)8-12-33-21/h2-8,10,12-14,27H,9,11H2,1H3,(H,25,26,28). The molecule has 2 N–H and O–H groups in total. The number of ether oxygens (including phenoxy) is 1. The molecule has 0 spiro atoms. The Morgan fingerprint density at radius 3 is 2.82 bits per heavy atom. The van der Waals surface area contributed by atoms with Crippen LogP contribution < -0.4 is 14.8 Å². The number of rotatable bonds is 8. The third-order valence-corrected chi connectivity index (χ3v) is 7.04. The van der Waals surface area contributed by atoms with Gasteiger partial charge in [-0.25, -0.2) is 23.1 Å². The van der Waals surface area contributed by atoms with Gasteiger partial charge in [-0.15, -0.1) is 11.3 Å². The minimum Gasteiger partial charge on any atom is -0.455 e. The van der Waals surface area contributed by atoms with Gasteiger partial charge in [0.1, 0.15) is 23.3 Å². The van der Waals surface area contributed by atoms with Crippen LogP contribution in [0.15, 0.2) is 66.4 Å². The number of halogens is 1. The van der Waals surface area contributed by atoms with Gasteiger partial charge in [0.25, 0.3) is 0 Å². The molecular formula is C23H20ClN5O3S2. The molecule has 8 nitrogen and oxygen atoms in total. The lowest BCUT2D eigenvalue weighted by molar-refractivity contribution is 0.489. The van der Waals surface area contributed by atoms with Crippen molar-refractivity contribution in [3.8, 4) is 11.5 Å². The highest BCUT2D eigenvalue weighted by molar-refractivity contribution is 7.88. The zero-order chi connectivity index (χ0) is 23.7. The Morgan fingerprint density at radius 2 is 2.00 bits per heavy atom. The smallest absolute Gasteiger partial charge is 0.208 e. The predicted molar refractivity (Wildman–Crippen MR) is 137 cm³/mol.